The molecule has 0 aliphatic rings. The minimum absolute atomic E-state index is 0.514. The van der Waals surface area contributed by atoms with E-state index >= 15 is 0 Å². The van der Waals surface area contributed by atoms with Gasteiger partial charge in [-0.25, -0.2) is 0 Å². The maximum absolute atomic E-state index is 3.61. The lowest BCUT2D eigenvalue weighted by Gasteiger charge is -2.21. The zero-order valence-electron chi connectivity index (χ0n) is 37.9. The van der Waals surface area contributed by atoms with Crippen LogP contribution in [-0.4, -0.2) is 36.3 Å². The number of para-hydroxylation sites is 2. The Bertz CT molecular complexity index is 1260. The molecule has 3 aromatic carbocycles. The van der Waals surface area contributed by atoms with Crippen LogP contribution in [0.25, 0.3) is 0 Å². The molecule has 0 spiro atoms. The zero-order valence-corrected chi connectivity index (χ0v) is 37.9. The summed E-state index contributed by atoms with van der Waals surface area (Å²) in [5, 5.41) is 21.3. The van der Waals surface area contributed by atoms with Gasteiger partial charge in [-0.3, -0.25) is 0 Å². The summed E-state index contributed by atoms with van der Waals surface area (Å²) in [6.45, 7) is 31.3. The van der Waals surface area contributed by atoms with Crippen LogP contribution in [0.2, 0.25) is 0 Å². The van der Waals surface area contributed by atoms with Gasteiger partial charge in [-0.15, -0.1) is 0 Å². The molecule has 0 aromatic heterocycles. The molecule has 3 aromatic rings. The Hall–Kier alpha value is -3.54. The van der Waals surface area contributed by atoms with E-state index in [1.807, 2.05) is 0 Å². The molecule has 6 nitrogen and oxygen atoms in total. The fraction of sp³-hybridized carbons (Fsp3) is 0.633. The summed E-state index contributed by atoms with van der Waals surface area (Å²) >= 11 is 0. The second-order valence-corrected chi connectivity index (χ2v) is 16.8. The lowest BCUT2D eigenvalue weighted by molar-refractivity contribution is 0.527. The van der Waals surface area contributed by atoms with Crippen LogP contribution in [0.1, 0.15) is 155 Å². The number of anilines is 6. The molecule has 0 aliphatic heterocycles. The van der Waals surface area contributed by atoms with Crippen LogP contribution in [0.3, 0.4) is 0 Å². The first-order valence-electron chi connectivity index (χ1n) is 22.1. The molecule has 5 unspecified atom stereocenters. The van der Waals surface area contributed by atoms with Gasteiger partial charge < -0.3 is 31.9 Å². The van der Waals surface area contributed by atoms with E-state index in [4.69, 9.17) is 0 Å². The molecule has 3 rings (SSSR count). The van der Waals surface area contributed by atoms with Gasteiger partial charge in [0.1, 0.15) is 0 Å². The van der Waals surface area contributed by atoms with E-state index in [9.17, 15) is 0 Å². The maximum Gasteiger partial charge on any atom is 0.0578 e. The molecule has 6 N–H and O–H groups in total. The first kappa shape index (κ1) is 49.5. The smallest absolute Gasteiger partial charge is 0.0578 e. The van der Waals surface area contributed by atoms with E-state index in [-0.39, 0.29) is 0 Å². The number of hydrogen-bond donors (Lipinski definition) is 6. The molecule has 0 fully saturated rings. The summed E-state index contributed by atoms with van der Waals surface area (Å²) in [6, 6.07) is 29.0. The second kappa shape index (κ2) is 28.8. The summed E-state index contributed by atoms with van der Waals surface area (Å²) in [6.07, 6.45) is 10.8. The molecule has 55 heavy (non-hydrogen) atoms. The van der Waals surface area contributed by atoms with Gasteiger partial charge in [-0.1, -0.05) is 74.4 Å². The molecule has 6 heteroatoms. The number of hydrogen-bond acceptors (Lipinski definition) is 6. The van der Waals surface area contributed by atoms with Crippen molar-refractivity contribution in [1.82, 2.24) is 0 Å². The van der Waals surface area contributed by atoms with Crippen molar-refractivity contribution in [3.63, 3.8) is 0 Å². The molecule has 0 heterocycles. The van der Waals surface area contributed by atoms with E-state index in [0.717, 1.165) is 43.9 Å². The van der Waals surface area contributed by atoms with Crippen molar-refractivity contribution in [2.24, 2.45) is 11.8 Å². The van der Waals surface area contributed by atoms with Gasteiger partial charge in [0, 0.05) is 59.0 Å². The van der Waals surface area contributed by atoms with Gasteiger partial charge in [0.05, 0.1) is 11.4 Å². The Morgan fingerprint density at radius 2 is 0.618 bits per heavy atom. The van der Waals surface area contributed by atoms with E-state index in [0.29, 0.717) is 36.3 Å². The monoisotopic (exact) mass is 759 g/mol. The van der Waals surface area contributed by atoms with Crippen molar-refractivity contribution in [3.05, 3.63) is 72.8 Å². The standard InChI is InChI=1S/C20H36N2.C15H26N2.C14H24N2/c1-15(2)7-9-17(5)21-19-11-13-20(14-12-19)22-18(6)10-8-16(3)4;1-5-12(4)16-14-10-8-9-11-15(14)17-13(6-2)7-3;1-5-11(3)15-13-7-9-14(10-8-13)16-12(4)6-2/h11-18,21-22H,7-10H2,1-6H3;8-13,16-17H,5-7H2,1-4H3;7-12,15-16H,5-6H2,1-4H3. The highest BCUT2D eigenvalue weighted by Crippen LogP contribution is 2.24. The van der Waals surface area contributed by atoms with Crippen LogP contribution in [-0.2, 0) is 0 Å². The van der Waals surface area contributed by atoms with Crippen LogP contribution in [0.15, 0.2) is 72.8 Å². The molecule has 0 saturated carbocycles. The van der Waals surface area contributed by atoms with Crippen LogP contribution in [0.5, 0.6) is 0 Å². The number of nitrogens with one attached hydrogen (secondary N) is 6. The summed E-state index contributed by atoms with van der Waals surface area (Å²) in [5.41, 5.74) is 7.27. The van der Waals surface area contributed by atoms with Gasteiger partial charge in [0.2, 0.25) is 0 Å². The molecule has 0 amide bonds. The minimum atomic E-state index is 0.514. The van der Waals surface area contributed by atoms with Crippen LogP contribution in [0.4, 0.5) is 34.1 Å². The highest BCUT2D eigenvalue weighted by molar-refractivity contribution is 5.69. The van der Waals surface area contributed by atoms with Crippen LogP contribution < -0.4 is 31.9 Å². The van der Waals surface area contributed by atoms with E-state index in [1.165, 1.54) is 59.8 Å². The Kier molecular flexibility index (Phi) is 25.9. The molecule has 312 valence electrons. The van der Waals surface area contributed by atoms with Crippen molar-refractivity contribution in [2.75, 3.05) is 31.9 Å². The minimum Gasteiger partial charge on any atom is -0.383 e. The average Bonchev–Trinajstić information content (AvgIpc) is 3.17. The van der Waals surface area contributed by atoms with Crippen LogP contribution >= 0.6 is 0 Å². The summed E-state index contributed by atoms with van der Waals surface area (Å²) in [7, 11) is 0. The van der Waals surface area contributed by atoms with E-state index in [1.54, 1.807) is 0 Å². The maximum atomic E-state index is 3.61. The van der Waals surface area contributed by atoms with Gasteiger partial charge in [0.15, 0.2) is 0 Å². The first-order chi connectivity index (χ1) is 26.2. The summed E-state index contributed by atoms with van der Waals surface area (Å²) in [5.74, 6) is 1.56. The Balaban J connectivity index is 0.000000419. The first-order valence-corrected chi connectivity index (χ1v) is 22.1. The van der Waals surface area contributed by atoms with Crippen molar-refractivity contribution < 1.29 is 0 Å². The molecule has 0 radical (unpaired) electrons. The molecule has 0 aliphatic carbocycles. The third-order valence-electron chi connectivity index (χ3n) is 10.3. The lowest BCUT2D eigenvalue weighted by Crippen LogP contribution is -2.20. The highest BCUT2D eigenvalue weighted by atomic mass is 15.0. The molecular formula is C49H86N6. The quantitative estimate of drug-likeness (QED) is 0.0579. The van der Waals surface area contributed by atoms with Crippen molar-refractivity contribution in [1.29, 1.82) is 0 Å². The van der Waals surface area contributed by atoms with Gasteiger partial charge in [0.25, 0.3) is 0 Å². The van der Waals surface area contributed by atoms with E-state index < -0.39 is 0 Å². The predicted octanol–water partition coefficient (Wildman–Crippen LogP) is 14.8. The Labute approximate surface area is 340 Å². The summed E-state index contributed by atoms with van der Waals surface area (Å²) in [4.78, 5) is 0. The average molecular weight is 759 g/mol. The van der Waals surface area contributed by atoms with Gasteiger partial charge in [-0.2, -0.15) is 0 Å². The topological polar surface area (TPSA) is 72.2 Å². The second-order valence-electron chi connectivity index (χ2n) is 16.8. The number of benzene rings is 3. The summed E-state index contributed by atoms with van der Waals surface area (Å²) < 4.78 is 0. The highest BCUT2D eigenvalue weighted by Gasteiger charge is 2.09. The molecule has 5 atom stereocenters. The van der Waals surface area contributed by atoms with Crippen molar-refractivity contribution in [3.8, 4) is 0 Å². The van der Waals surface area contributed by atoms with E-state index in [2.05, 4.69) is 202 Å². The fourth-order valence-electron chi connectivity index (χ4n) is 5.79. The van der Waals surface area contributed by atoms with Crippen molar-refractivity contribution in [2.45, 2.75) is 191 Å². The zero-order chi connectivity index (χ0) is 41.2. The third kappa shape index (κ3) is 23.2. The SMILES string of the molecule is CC(C)CCC(C)Nc1ccc(NC(C)CCC(C)C)cc1.CCC(C)Nc1ccc(NC(C)CC)cc1.CCC(C)Nc1ccccc1NC(CC)CC. The predicted molar refractivity (Wildman–Crippen MR) is 252 cm³/mol. The normalized spacial score (nSPS) is 13.7. The Morgan fingerprint density at radius 1 is 0.327 bits per heavy atom. The fourth-order valence-corrected chi connectivity index (χ4v) is 5.79. The third-order valence-corrected chi connectivity index (χ3v) is 10.3. The Morgan fingerprint density at radius 3 is 0.909 bits per heavy atom. The van der Waals surface area contributed by atoms with Gasteiger partial charge in [-0.05, 0) is 165 Å². The van der Waals surface area contributed by atoms with Crippen LogP contribution in [0, 0.1) is 11.8 Å². The lowest BCUT2D eigenvalue weighted by atomic mass is 10.0. The van der Waals surface area contributed by atoms with Gasteiger partial charge >= 0.3 is 0 Å². The van der Waals surface area contributed by atoms with Crippen molar-refractivity contribution >= 4 is 34.1 Å². The molecular weight excluding hydrogens is 673 g/mol. The molecule has 0 saturated heterocycles. The molecule has 0 bridgehead atoms. The largest absolute Gasteiger partial charge is 0.383 e. The number of rotatable bonds is 23.